The predicted molar refractivity (Wildman–Crippen MR) is 48.2 cm³/mol. The van der Waals surface area contributed by atoms with Crippen LogP contribution in [0.1, 0.15) is 32.1 Å². The molecule has 1 saturated carbocycles. The van der Waals surface area contributed by atoms with Crippen LogP contribution in [0.15, 0.2) is 0 Å². The maximum absolute atomic E-state index is 10.6. The van der Waals surface area contributed by atoms with Crippen molar-refractivity contribution in [1.82, 2.24) is 0 Å². The highest BCUT2D eigenvalue weighted by Crippen LogP contribution is 2.25. The Balaban J connectivity index is 2.58. The van der Waals surface area contributed by atoms with Crippen LogP contribution in [0.3, 0.4) is 0 Å². The fourth-order valence-corrected chi connectivity index (χ4v) is 1.92. The van der Waals surface area contributed by atoms with Gasteiger partial charge in [-0.3, -0.25) is 4.79 Å². The molecule has 1 fully saturated rings. The van der Waals surface area contributed by atoms with E-state index in [2.05, 4.69) is 0 Å². The molecule has 4 N–H and O–H groups in total. The average Bonchev–Trinajstić information content (AvgIpc) is 2.28. The summed E-state index contributed by atoms with van der Waals surface area (Å²) in [5, 5.41) is 18.3. The number of aliphatic hydroxyl groups excluding tert-OH is 1. The summed E-state index contributed by atoms with van der Waals surface area (Å²) in [7, 11) is 0. The summed E-state index contributed by atoms with van der Waals surface area (Å²) in [6.45, 7) is 0. The zero-order valence-corrected chi connectivity index (χ0v) is 7.65. The lowest BCUT2D eigenvalue weighted by Gasteiger charge is -2.23. The Hall–Kier alpha value is -0.610. The van der Waals surface area contributed by atoms with Gasteiger partial charge in [-0.15, -0.1) is 0 Å². The molecule has 4 heteroatoms. The standard InChI is InChI=1S/C9H17NO3/c10-8(9(12)13)6-4-2-1-3-5-7(6)11/h6-8,11H,1-5,10H2,(H,12,13)/t6?,7-,8+/m1/s1. The number of carboxylic acids is 1. The Morgan fingerprint density at radius 1 is 1.31 bits per heavy atom. The minimum Gasteiger partial charge on any atom is -0.480 e. The summed E-state index contributed by atoms with van der Waals surface area (Å²) in [5.41, 5.74) is 5.49. The van der Waals surface area contributed by atoms with Crippen molar-refractivity contribution in [2.24, 2.45) is 11.7 Å². The maximum Gasteiger partial charge on any atom is 0.320 e. The number of aliphatic carboxylic acids is 1. The van der Waals surface area contributed by atoms with Gasteiger partial charge in [0.25, 0.3) is 0 Å². The number of carbonyl (C=O) groups is 1. The molecule has 0 aromatic rings. The van der Waals surface area contributed by atoms with E-state index in [0.29, 0.717) is 6.42 Å². The Morgan fingerprint density at radius 3 is 2.54 bits per heavy atom. The van der Waals surface area contributed by atoms with Gasteiger partial charge in [0.2, 0.25) is 0 Å². The van der Waals surface area contributed by atoms with Crippen molar-refractivity contribution in [2.45, 2.75) is 44.2 Å². The first kappa shape index (κ1) is 10.5. The average molecular weight is 187 g/mol. The van der Waals surface area contributed by atoms with Crippen molar-refractivity contribution in [1.29, 1.82) is 0 Å². The second-order valence-electron chi connectivity index (χ2n) is 3.73. The molecule has 4 nitrogen and oxygen atoms in total. The molecule has 3 atom stereocenters. The van der Waals surface area contributed by atoms with Gasteiger partial charge in [0.15, 0.2) is 0 Å². The quantitative estimate of drug-likeness (QED) is 0.544. The Morgan fingerprint density at radius 2 is 1.92 bits per heavy atom. The lowest BCUT2D eigenvalue weighted by Crippen LogP contribution is -2.43. The summed E-state index contributed by atoms with van der Waals surface area (Å²) in [6, 6.07) is -0.909. The van der Waals surface area contributed by atoms with E-state index in [0.717, 1.165) is 25.7 Å². The second kappa shape index (κ2) is 4.58. The fraction of sp³-hybridized carbons (Fsp3) is 0.889. The molecule has 0 heterocycles. The molecule has 0 aromatic heterocycles. The van der Waals surface area contributed by atoms with Gasteiger partial charge in [-0.1, -0.05) is 19.3 Å². The summed E-state index contributed by atoms with van der Waals surface area (Å²) in [6.07, 6.45) is 3.90. The first-order chi connectivity index (χ1) is 6.13. The molecule has 1 aliphatic carbocycles. The third-order valence-electron chi connectivity index (χ3n) is 2.78. The van der Waals surface area contributed by atoms with Crippen LogP contribution in [0, 0.1) is 5.92 Å². The summed E-state index contributed by atoms with van der Waals surface area (Å²) < 4.78 is 0. The molecule has 0 saturated heterocycles. The minimum atomic E-state index is -1.01. The highest BCUT2D eigenvalue weighted by molar-refractivity contribution is 5.73. The largest absolute Gasteiger partial charge is 0.480 e. The maximum atomic E-state index is 10.6. The number of nitrogens with two attached hydrogens (primary N) is 1. The zero-order valence-electron chi connectivity index (χ0n) is 7.65. The van der Waals surface area contributed by atoms with Crippen LogP contribution >= 0.6 is 0 Å². The number of rotatable bonds is 2. The number of aliphatic hydroxyl groups is 1. The Bertz CT molecular complexity index is 184. The lowest BCUT2D eigenvalue weighted by atomic mass is 9.90. The zero-order chi connectivity index (χ0) is 9.84. The van der Waals surface area contributed by atoms with Crippen LogP contribution in [0.4, 0.5) is 0 Å². The van der Waals surface area contributed by atoms with Gasteiger partial charge in [0.05, 0.1) is 6.10 Å². The van der Waals surface area contributed by atoms with Crippen LogP contribution in [-0.2, 0) is 4.79 Å². The molecule has 1 unspecified atom stereocenters. The number of hydrogen-bond acceptors (Lipinski definition) is 3. The highest BCUT2D eigenvalue weighted by Gasteiger charge is 2.31. The van der Waals surface area contributed by atoms with Crippen molar-refractivity contribution >= 4 is 5.97 Å². The van der Waals surface area contributed by atoms with Crippen molar-refractivity contribution in [3.8, 4) is 0 Å². The molecular formula is C9H17NO3. The Kier molecular flexibility index (Phi) is 3.69. The molecule has 0 aromatic carbocycles. The van der Waals surface area contributed by atoms with E-state index in [1.54, 1.807) is 0 Å². The Labute approximate surface area is 77.7 Å². The van der Waals surface area contributed by atoms with Crippen molar-refractivity contribution < 1.29 is 15.0 Å². The van der Waals surface area contributed by atoms with Crippen LogP contribution < -0.4 is 5.73 Å². The summed E-state index contributed by atoms with van der Waals surface area (Å²) >= 11 is 0. The second-order valence-corrected chi connectivity index (χ2v) is 3.73. The first-order valence-electron chi connectivity index (χ1n) is 4.79. The van der Waals surface area contributed by atoms with E-state index in [1.807, 2.05) is 0 Å². The number of carboxylic acid groups (broad SMARTS) is 1. The van der Waals surface area contributed by atoms with Gasteiger partial charge in [-0.2, -0.15) is 0 Å². The van der Waals surface area contributed by atoms with Gasteiger partial charge in [-0.25, -0.2) is 0 Å². The molecule has 76 valence electrons. The molecule has 1 rings (SSSR count). The van der Waals surface area contributed by atoms with Crippen molar-refractivity contribution in [2.75, 3.05) is 0 Å². The third-order valence-corrected chi connectivity index (χ3v) is 2.78. The van der Waals surface area contributed by atoms with Crippen LogP contribution in [-0.4, -0.2) is 28.3 Å². The molecule has 0 amide bonds. The van der Waals surface area contributed by atoms with E-state index in [1.165, 1.54) is 0 Å². The van der Waals surface area contributed by atoms with E-state index in [-0.39, 0.29) is 5.92 Å². The topological polar surface area (TPSA) is 83.6 Å². The monoisotopic (exact) mass is 187 g/mol. The van der Waals surface area contributed by atoms with Gasteiger partial charge in [0.1, 0.15) is 6.04 Å². The van der Waals surface area contributed by atoms with Crippen LogP contribution in [0.5, 0.6) is 0 Å². The van der Waals surface area contributed by atoms with E-state index >= 15 is 0 Å². The van der Waals surface area contributed by atoms with E-state index in [4.69, 9.17) is 10.8 Å². The van der Waals surface area contributed by atoms with E-state index in [9.17, 15) is 9.90 Å². The molecule has 0 radical (unpaired) electrons. The fourth-order valence-electron chi connectivity index (χ4n) is 1.92. The van der Waals surface area contributed by atoms with Gasteiger partial charge >= 0.3 is 5.97 Å². The lowest BCUT2D eigenvalue weighted by molar-refractivity contribution is -0.141. The third kappa shape index (κ3) is 2.67. The molecule has 0 spiro atoms. The van der Waals surface area contributed by atoms with Crippen LogP contribution in [0.2, 0.25) is 0 Å². The normalized spacial score (nSPS) is 32.2. The molecular weight excluding hydrogens is 170 g/mol. The number of hydrogen-bond donors (Lipinski definition) is 3. The molecule has 1 aliphatic rings. The van der Waals surface area contributed by atoms with Crippen molar-refractivity contribution in [3.05, 3.63) is 0 Å². The molecule has 13 heavy (non-hydrogen) atoms. The highest BCUT2D eigenvalue weighted by atomic mass is 16.4. The predicted octanol–water partition coefficient (Wildman–Crippen LogP) is 0.339. The van der Waals surface area contributed by atoms with Gasteiger partial charge in [-0.05, 0) is 12.8 Å². The SMILES string of the molecule is N[C@H](C(=O)O)C1CCCCC[C@H]1O. The molecule has 0 aliphatic heterocycles. The van der Waals surface area contributed by atoms with Crippen molar-refractivity contribution in [3.63, 3.8) is 0 Å². The molecule has 0 bridgehead atoms. The summed E-state index contributed by atoms with van der Waals surface area (Å²) in [5.74, 6) is -1.27. The van der Waals surface area contributed by atoms with Gasteiger partial charge in [0, 0.05) is 5.92 Å². The smallest absolute Gasteiger partial charge is 0.320 e. The van der Waals surface area contributed by atoms with Crippen LogP contribution in [0.25, 0.3) is 0 Å². The minimum absolute atomic E-state index is 0.264. The van der Waals surface area contributed by atoms with E-state index < -0.39 is 18.1 Å². The first-order valence-corrected chi connectivity index (χ1v) is 4.79. The van der Waals surface area contributed by atoms with Gasteiger partial charge < -0.3 is 15.9 Å². The summed E-state index contributed by atoms with van der Waals surface area (Å²) in [4.78, 5) is 10.6.